The standard InChI is InChI=1S/C24H21FN2O3/c25-19-6-4-18(5-7-19)24(10-11-24)23(29)26-20-8-3-16-9-12-27(15-17(16)14-20)22(28)21-2-1-13-30-21/h1-8,13-14H,9-12,15H2,(H,26,29). The summed E-state index contributed by atoms with van der Waals surface area (Å²) in [5, 5.41) is 3.02. The number of fused-ring (bicyclic) bond motifs is 1. The number of carbonyl (C=O) groups is 2. The molecule has 2 aromatic carbocycles. The zero-order valence-electron chi connectivity index (χ0n) is 16.4. The maximum absolute atomic E-state index is 13.2. The van der Waals surface area contributed by atoms with Crippen LogP contribution >= 0.6 is 0 Å². The fourth-order valence-corrected chi connectivity index (χ4v) is 4.16. The molecular formula is C24H21FN2O3. The van der Waals surface area contributed by atoms with E-state index in [1.54, 1.807) is 29.2 Å². The Hall–Kier alpha value is -3.41. The molecule has 1 N–H and O–H groups in total. The van der Waals surface area contributed by atoms with Gasteiger partial charge < -0.3 is 14.6 Å². The minimum Gasteiger partial charge on any atom is -0.459 e. The van der Waals surface area contributed by atoms with Gasteiger partial charge in [0.05, 0.1) is 11.7 Å². The van der Waals surface area contributed by atoms with Crippen molar-refractivity contribution in [1.29, 1.82) is 0 Å². The van der Waals surface area contributed by atoms with E-state index in [1.807, 2.05) is 18.2 Å². The summed E-state index contributed by atoms with van der Waals surface area (Å²) < 4.78 is 18.5. The van der Waals surface area contributed by atoms with Gasteiger partial charge in [0, 0.05) is 18.8 Å². The number of anilines is 1. The van der Waals surface area contributed by atoms with E-state index in [4.69, 9.17) is 4.42 Å². The van der Waals surface area contributed by atoms with Crippen LogP contribution in [0.4, 0.5) is 10.1 Å². The second kappa shape index (κ2) is 7.13. The molecule has 1 fully saturated rings. The molecule has 152 valence electrons. The first-order valence-corrected chi connectivity index (χ1v) is 10.1. The van der Waals surface area contributed by atoms with Crippen molar-refractivity contribution in [3.05, 3.63) is 89.1 Å². The Morgan fingerprint density at radius 3 is 2.53 bits per heavy atom. The number of rotatable bonds is 4. The first-order chi connectivity index (χ1) is 14.5. The molecule has 0 radical (unpaired) electrons. The Morgan fingerprint density at radius 2 is 1.83 bits per heavy atom. The maximum atomic E-state index is 13.2. The van der Waals surface area contributed by atoms with Gasteiger partial charge in [0.15, 0.2) is 5.76 Å². The van der Waals surface area contributed by atoms with E-state index in [0.29, 0.717) is 24.5 Å². The van der Waals surface area contributed by atoms with Gasteiger partial charge in [-0.1, -0.05) is 18.2 Å². The molecule has 5 nitrogen and oxygen atoms in total. The normalized spacial score (nSPS) is 16.6. The SMILES string of the molecule is O=C(c1ccco1)N1CCc2ccc(NC(=O)C3(c4ccc(F)cc4)CC3)cc2C1. The van der Waals surface area contributed by atoms with E-state index in [0.717, 1.165) is 30.4 Å². The third kappa shape index (κ3) is 3.28. The molecule has 0 atom stereocenters. The van der Waals surface area contributed by atoms with Gasteiger partial charge in [0.25, 0.3) is 5.91 Å². The van der Waals surface area contributed by atoms with Crippen molar-refractivity contribution >= 4 is 17.5 Å². The minimum atomic E-state index is -0.578. The van der Waals surface area contributed by atoms with Crippen LogP contribution in [0.15, 0.2) is 65.3 Å². The van der Waals surface area contributed by atoms with Gasteiger partial charge in [-0.2, -0.15) is 0 Å². The number of benzene rings is 2. The average Bonchev–Trinajstić information content (AvgIpc) is 3.39. The summed E-state index contributed by atoms with van der Waals surface area (Å²) in [7, 11) is 0. The lowest BCUT2D eigenvalue weighted by molar-refractivity contribution is -0.118. The Labute approximate surface area is 173 Å². The van der Waals surface area contributed by atoms with Crippen LogP contribution in [0.5, 0.6) is 0 Å². The van der Waals surface area contributed by atoms with Gasteiger partial charge in [0.2, 0.25) is 5.91 Å². The van der Waals surface area contributed by atoms with Crippen molar-refractivity contribution in [2.75, 3.05) is 11.9 Å². The molecule has 1 aliphatic heterocycles. The van der Waals surface area contributed by atoms with Crippen LogP contribution in [0.25, 0.3) is 0 Å². The molecule has 0 spiro atoms. The molecule has 2 aliphatic rings. The highest BCUT2D eigenvalue weighted by atomic mass is 19.1. The first-order valence-electron chi connectivity index (χ1n) is 10.1. The smallest absolute Gasteiger partial charge is 0.289 e. The van der Waals surface area contributed by atoms with E-state index < -0.39 is 5.41 Å². The summed E-state index contributed by atoms with van der Waals surface area (Å²) >= 11 is 0. The first kappa shape index (κ1) is 18.6. The molecule has 1 aromatic heterocycles. The number of nitrogens with zero attached hydrogens (tertiary/aromatic N) is 1. The lowest BCUT2D eigenvalue weighted by atomic mass is 9.94. The second-order valence-electron chi connectivity index (χ2n) is 7.98. The van der Waals surface area contributed by atoms with Gasteiger partial charge in [-0.25, -0.2) is 4.39 Å². The summed E-state index contributed by atoms with van der Waals surface area (Å²) in [5.74, 6) is -0.183. The number of hydrogen-bond donors (Lipinski definition) is 1. The Balaban J connectivity index is 1.32. The summed E-state index contributed by atoms with van der Waals surface area (Å²) in [4.78, 5) is 27.3. The summed E-state index contributed by atoms with van der Waals surface area (Å²) in [6.45, 7) is 1.10. The highest BCUT2D eigenvalue weighted by Gasteiger charge is 2.51. The number of halogens is 1. The summed E-state index contributed by atoms with van der Waals surface area (Å²) in [6.07, 6.45) is 3.75. The molecule has 30 heavy (non-hydrogen) atoms. The van der Waals surface area contributed by atoms with E-state index in [1.165, 1.54) is 24.0 Å². The fraction of sp³-hybridized carbons (Fsp3) is 0.250. The number of furan rings is 1. The van der Waals surface area contributed by atoms with Crippen LogP contribution in [0.2, 0.25) is 0 Å². The fourth-order valence-electron chi connectivity index (χ4n) is 4.16. The number of carbonyl (C=O) groups excluding carboxylic acids is 2. The summed E-state index contributed by atoms with van der Waals surface area (Å²) in [5.41, 5.74) is 3.17. The van der Waals surface area contributed by atoms with E-state index in [-0.39, 0.29) is 17.6 Å². The van der Waals surface area contributed by atoms with Crippen LogP contribution in [0, 0.1) is 5.82 Å². The molecule has 2 heterocycles. The molecule has 0 saturated heterocycles. The molecule has 2 amide bonds. The largest absolute Gasteiger partial charge is 0.459 e. The molecule has 6 heteroatoms. The Bertz CT molecular complexity index is 1100. The van der Waals surface area contributed by atoms with Crippen LogP contribution < -0.4 is 5.32 Å². The number of hydrogen-bond acceptors (Lipinski definition) is 3. The van der Waals surface area contributed by atoms with Gasteiger partial charge in [-0.3, -0.25) is 9.59 Å². The third-order valence-electron chi connectivity index (χ3n) is 6.08. The van der Waals surface area contributed by atoms with Crippen molar-refractivity contribution in [3.8, 4) is 0 Å². The topological polar surface area (TPSA) is 62.6 Å². The van der Waals surface area contributed by atoms with Crippen LogP contribution in [0.1, 0.15) is 40.1 Å². The minimum absolute atomic E-state index is 0.0756. The van der Waals surface area contributed by atoms with E-state index >= 15 is 0 Å². The van der Waals surface area contributed by atoms with Crippen LogP contribution in [-0.4, -0.2) is 23.3 Å². The second-order valence-corrected chi connectivity index (χ2v) is 7.98. The van der Waals surface area contributed by atoms with Gasteiger partial charge in [-0.05, 0) is 72.4 Å². The van der Waals surface area contributed by atoms with Gasteiger partial charge in [-0.15, -0.1) is 0 Å². The zero-order chi connectivity index (χ0) is 20.7. The lowest BCUT2D eigenvalue weighted by Crippen LogP contribution is -2.36. The van der Waals surface area contributed by atoms with Crippen molar-refractivity contribution < 1.29 is 18.4 Å². The zero-order valence-corrected chi connectivity index (χ0v) is 16.4. The molecule has 1 aliphatic carbocycles. The van der Waals surface area contributed by atoms with Crippen molar-refractivity contribution in [1.82, 2.24) is 4.90 Å². The van der Waals surface area contributed by atoms with Crippen LogP contribution in [-0.2, 0) is 23.2 Å². The molecule has 3 aromatic rings. The monoisotopic (exact) mass is 404 g/mol. The van der Waals surface area contributed by atoms with Crippen LogP contribution in [0.3, 0.4) is 0 Å². The highest BCUT2D eigenvalue weighted by molar-refractivity contribution is 6.01. The molecular weight excluding hydrogens is 383 g/mol. The predicted octanol–water partition coefficient (Wildman–Crippen LogP) is 4.29. The third-order valence-corrected chi connectivity index (χ3v) is 6.08. The van der Waals surface area contributed by atoms with Gasteiger partial charge in [0.1, 0.15) is 5.82 Å². The van der Waals surface area contributed by atoms with Gasteiger partial charge >= 0.3 is 0 Å². The Kier molecular flexibility index (Phi) is 4.42. The maximum Gasteiger partial charge on any atom is 0.289 e. The summed E-state index contributed by atoms with van der Waals surface area (Å²) in [6, 6.07) is 15.4. The van der Waals surface area contributed by atoms with Crippen molar-refractivity contribution in [2.24, 2.45) is 0 Å². The van der Waals surface area contributed by atoms with Crippen molar-refractivity contribution in [3.63, 3.8) is 0 Å². The number of nitrogens with one attached hydrogen (secondary N) is 1. The van der Waals surface area contributed by atoms with Crippen molar-refractivity contribution in [2.45, 2.75) is 31.2 Å². The number of amides is 2. The molecule has 0 unspecified atom stereocenters. The predicted molar refractivity (Wildman–Crippen MR) is 110 cm³/mol. The highest BCUT2D eigenvalue weighted by Crippen LogP contribution is 2.49. The van der Waals surface area contributed by atoms with E-state index in [2.05, 4.69) is 5.32 Å². The molecule has 5 rings (SSSR count). The molecule has 0 bridgehead atoms. The average molecular weight is 404 g/mol. The van der Waals surface area contributed by atoms with E-state index in [9.17, 15) is 14.0 Å². The quantitative estimate of drug-likeness (QED) is 0.706. The molecule has 1 saturated carbocycles. The Morgan fingerprint density at radius 1 is 1.03 bits per heavy atom. The lowest BCUT2D eigenvalue weighted by Gasteiger charge is -2.28.